The van der Waals surface area contributed by atoms with Crippen LogP contribution in [0.5, 0.6) is 0 Å². The number of hydrogen-bond donors (Lipinski definition) is 2. The monoisotopic (exact) mass is 509 g/mol. The number of anilines is 2. The molecule has 0 atom stereocenters. The summed E-state index contributed by atoms with van der Waals surface area (Å²) in [6, 6.07) is 16.4. The van der Waals surface area contributed by atoms with Gasteiger partial charge in [-0.1, -0.05) is 70.3 Å². The van der Waals surface area contributed by atoms with Crippen LogP contribution in [0, 0.1) is 6.92 Å². The maximum Gasteiger partial charge on any atom is 0.322 e. The third kappa shape index (κ3) is 7.34. The Bertz CT molecular complexity index is 1180. The van der Waals surface area contributed by atoms with Crippen LogP contribution < -0.4 is 10.6 Å². The number of para-hydroxylation sites is 1. The molecule has 0 radical (unpaired) electrons. The SMILES string of the molecule is CCCCCN(CC(=O)Nc1cc(C(C)(C)C)nn1-c1ccccc1C)C(=O)Nc1ccc(Cl)cc1. The highest BCUT2D eigenvalue weighted by Crippen LogP contribution is 2.27. The third-order valence-corrected chi connectivity index (χ3v) is 6.09. The van der Waals surface area contributed by atoms with E-state index in [1.807, 2.05) is 37.3 Å². The van der Waals surface area contributed by atoms with Crippen LogP contribution in [-0.4, -0.2) is 39.7 Å². The van der Waals surface area contributed by atoms with E-state index >= 15 is 0 Å². The zero-order valence-electron chi connectivity index (χ0n) is 21.8. The second-order valence-electron chi connectivity index (χ2n) is 9.98. The number of urea groups is 1. The maximum absolute atomic E-state index is 13.2. The zero-order chi connectivity index (χ0) is 26.3. The summed E-state index contributed by atoms with van der Waals surface area (Å²) < 4.78 is 1.77. The molecule has 1 aromatic heterocycles. The van der Waals surface area contributed by atoms with Gasteiger partial charge in [-0.25, -0.2) is 9.48 Å². The first-order chi connectivity index (χ1) is 17.1. The second kappa shape index (κ2) is 12.1. The minimum Gasteiger partial charge on any atom is -0.315 e. The molecule has 8 heteroatoms. The highest BCUT2D eigenvalue weighted by Gasteiger charge is 2.23. The number of amides is 3. The first-order valence-electron chi connectivity index (χ1n) is 12.4. The summed E-state index contributed by atoms with van der Waals surface area (Å²) in [6.45, 7) is 10.8. The van der Waals surface area contributed by atoms with E-state index in [2.05, 4.69) is 38.3 Å². The number of nitrogens with zero attached hydrogens (tertiary/aromatic N) is 3. The molecule has 0 spiro atoms. The van der Waals surface area contributed by atoms with Gasteiger partial charge in [0.05, 0.1) is 11.4 Å². The number of hydrogen-bond acceptors (Lipinski definition) is 3. The van der Waals surface area contributed by atoms with Crippen LogP contribution >= 0.6 is 11.6 Å². The standard InChI is InChI=1S/C28H36ClN5O2/c1-6-7-10-17-33(27(36)30-22-15-13-21(29)14-16-22)19-26(35)31-25-18-24(28(3,4)5)32-34(25)23-12-9-8-11-20(23)2/h8-9,11-16,18H,6-7,10,17,19H2,1-5H3,(H,30,36)(H,31,35). The van der Waals surface area contributed by atoms with Gasteiger partial charge in [0.2, 0.25) is 5.91 Å². The molecule has 0 fully saturated rings. The smallest absolute Gasteiger partial charge is 0.315 e. The number of nitrogens with one attached hydrogen (secondary N) is 2. The van der Waals surface area contributed by atoms with Gasteiger partial charge < -0.3 is 15.5 Å². The number of carbonyl (C=O) groups excluding carboxylic acids is 2. The van der Waals surface area contributed by atoms with Crippen molar-refractivity contribution >= 4 is 35.0 Å². The van der Waals surface area contributed by atoms with Crippen LogP contribution in [0.15, 0.2) is 54.6 Å². The van der Waals surface area contributed by atoms with Gasteiger partial charge in [-0.15, -0.1) is 0 Å². The summed E-state index contributed by atoms with van der Waals surface area (Å²) in [4.78, 5) is 27.8. The minimum absolute atomic E-state index is 0.0764. The largest absolute Gasteiger partial charge is 0.322 e. The van der Waals surface area contributed by atoms with Gasteiger partial charge in [0.25, 0.3) is 0 Å². The molecule has 3 rings (SSSR count). The lowest BCUT2D eigenvalue weighted by molar-refractivity contribution is -0.116. The first-order valence-corrected chi connectivity index (χ1v) is 12.7. The molecule has 2 aromatic carbocycles. The Kier molecular flexibility index (Phi) is 9.15. The Balaban J connectivity index is 1.81. The Morgan fingerprint density at radius 3 is 2.36 bits per heavy atom. The number of unbranched alkanes of at least 4 members (excludes halogenated alkanes) is 2. The van der Waals surface area contributed by atoms with Crippen LogP contribution in [-0.2, 0) is 10.2 Å². The van der Waals surface area contributed by atoms with Gasteiger partial charge in [-0.3, -0.25) is 4.79 Å². The second-order valence-corrected chi connectivity index (χ2v) is 10.4. The summed E-state index contributed by atoms with van der Waals surface area (Å²) in [5.41, 5.74) is 3.22. The molecular weight excluding hydrogens is 474 g/mol. The van der Waals surface area contributed by atoms with Crippen molar-refractivity contribution in [2.75, 3.05) is 23.7 Å². The average molecular weight is 510 g/mol. The van der Waals surface area contributed by atoms with Crippen molar-refractivity contribution in [2.24, 2.45) is 0 Å². The van der Waals surface area contributed by atoms with E-state index in [0.29, 0.717) is 23.1 Å². The lowest BCUT2D eigenvalue weighted by Gasteiger charge is -2.23. The summed E-state index contributed by atoms with van der Waals surface area (Å²) in [5.74, 6) is 0.291. The van der Waals surface area contributed by atoms with Gasteiger partial charge in [-0.2, -0.15) is 5.10 Å². The number of halogens is 1. The molecule has 3 amide bonds. The molecule has 0 saturated carbocycles. The molecule has 192 valence electrons. The number of rotatable bonds is 9. The van der Waals surface area contributed by atoms with Gasteiger partial charge in [0, 0.05) is 28.7 Å². The molecule has 36 heavy (non-hydrogen) atoms. The lowest BCUT2D eigenvalue weighted by atomic mass is 9.92. The van der Waals surface area contributed by atoms with Crippen LogP contribution in [0.1, 0.15) is 58.2 Å². The fourth-order valence-electron chi connectivity index (χ4n) is 3.72. The molecule has 0 unspecified atom stereocenters. The normalized spacial score (nSPS) is 11.3. The van der Waals surface area contributed by atoms with Crippen LogP contribution in [0.4, 0.5) is 16.3 Å². The summed E-state index contributed by atoms with van der Waals surface area (Å²) in [7, 11) is 0. The Morgan fingerprint density at radius 1 is 1.03 bits per heavy atom. The molecule has 0 aliphatic heterocycles. The Hall–Kier alpha value is -3.32. The van der Waals surface area contributed by atoms with E-state index in [4.69, 9.17) is 16.7 Å². The molecule has 3 aromatic rings. The summed E-state index contributed by atoms with van der Waals surface area (Å²) in [6.07, 6.45) is 2.80. The fourth-order valence-corrected chi connectivity index (χ4v) is 3.84. The molecule has 0 aliphatic rings. The van der Waals surface area contributed by atoms with Crippen LogP contribution in [0.2, 0.25) is 5.02 Å². The quantitative estimate of drug-likeness (QED) is 0.311. The van der Waals surface area contributed by atoms with Crippen molar-refractivity contribution < 1.29 is 9.59 Å². The number of benzene rings is 2. The predicted molar refractivity (Wildman–Crippen MR) is 147 cm³/mol. The fraction of sp³-hybridized carbons (Fsp3) is 0.393. The van der Waals surface area contributed by atoms with E-state index < -0.39 is 0 Å². The van der Waals surface area contributed by atoms with Gasteiger partial charge in [-0.05, 0) is 49.2 Å². The third-order valence-electron chi connectivity index (χ3n) is 5.84. The number of carbonyl (C=O) groups is 2. The van der Waals surface area contributed by atoms with Crippen molar-refractivity contribution in [1.29, 1.82) is 0 Å². The Labute approximate surface area is 218 Å². The topological polar surface area (TPSA) is 79.3 Å². The molecule has 0 bridgehead atoms. The van der Waals surface area contributed by atoms with Crippen molar-refractivity contribution in [3.05, 3.63) is 70.9 Å². The summed E-state index contributed by atoms with van der Waals surface area (Å²) >= 11 is 5.95. The highest BCUT2D eigenvalue weighted by molar-refractivity contribution is 6.30. The lowest BCUT2D eigenvalue weighted by Crippen LogP contribution is -2.41. The maximum atomic E-state index is 13.2. The molecule has 0 saturated heterocycles. The van der Waals surface area contributed by atoms with E-state index in [0.717, 1.165) is 36.2 Å². The van der Waals surface area contributed by atoms with Gasteiger partial charge >= 0.3 is 6.03 Å². The average Bonchev–Trinajstić information content (AvgIpc) is 3.24. The zero-order valence-corrected chi connectivity index (χ0v) is 22.5. The molecule has 7 nitrogen and oxygen atoms in total. The molecular formula is C28H36ClN5O2. The van der Waals surface area contributed by atoms with Crippen molar-refractivity contribution in [3.8, 4) is 5.69 Å². The van der Waals surface area contributed by atoms with Gasteiger partial charge in [0.15, 0.2) is 0 Å². The van der Waals surface area contributed by atoms with E-state index in [1.165, 1.54) is 0 Å². The van der Waals surface area contributed by atoms with Crippen molar-refractivity contribution in [2.45, 2.75) is 59.3 Å². The summed E-state index contributed by atoms with van der Waals surface area (Å²) in [5, 5.41) is 11.3. The van der Waals surface area contributed by atoms with Gasteiger partial charge in [0.1, 0.15) is 12.4 Å². The minimum atomic E-state index is -0.327. The molecule has 0 aliphatic carbocycles. The van der Waals surface area contributed by atoms with Crippen molar-refractivity contribution in [1.82, 2.24) is 14.7 Å². The van der Waals surface area contributed by atoms with Crippen molar-refractivity contribution in [3.63, 3.8) is 0 Å². The first kappa shape index (κ1) is 27.3. The van der Waals surface area contributed by atoms with Crippen LogP contribution in [0.25, 0.3) is 5.69 Å². The molecule has 2 N–H and O–H groups in total. The van der Waals surface area contributed by atoms with Crippen LogP contribution in [0.3, 0.4) is 0 Å². The predicted octanol–water partition coefficient (Wildman–Crippen LogP) is 6.79. The Morgan fingerprint density at radius 2 is 1.72 bits per heavy atom. The highest BCUT2D eigenvalue weighted by atomic mass is 35.5. The van der Waals surface area contributed by atoms with E-state index in [-0.39, 0.29) is 23.9 Å². The van der Waals surface area contributed by atoms with E-state index in [9.17, 15) is 9.59 Å². The number of aromatic nitrogens is 2. The molecule has 1 heterocycles. The number of aryl methyl sites for hydroxylation is 1. The van der Waals surface area contributed by atoms with E-state index in [1.54, 1.807) is 33.8 Å².